The van der Waals surface area contributed by atoms with Crippen LogP contribution in [0.5, 0.6) is 0 Å². The van der Waals surface area contributed by atoms with Crippen LogP contribution in [0.4, 0.5) is 5.69 Å². The number of nitrogens with one attached hydrogen (secondary N) is 2. The van der Waals surface area contributed by atoms with E-state index in [2.05, 4.69) is 5.32 Å². The Labute approximate surface area is 131 Å². The Bertz CT molecular complexity index is 415. The first-order valence-corrected chi connectivity index (χ1v) is 7.76. The molecular weight excluding hydrogens is 284 g/mol. The molecule has 1 aromatic carbocycles. The molecule has 0 radical (unpaired) electrons. The Hall–Kier alpha value is -1.47. The Morgan fingerprint density at radius 1 is 0.909 bits per heavy atom. The second kappa shape index (κ2) is 10.3. The fraction of sp³-hybridized carbons (Fsp3) is 0.562. The summed E-state index contributed by atoms with van der Waals surface area (Å²) >= 11 is 0. The van der Waals surface area contributed by atoms with E-state index in [0.29, 0.717) is 46.2 Å². The van der Waals surface area contributed by atoms with Crippen LogP contribution in [0, 0.1) is 0 Å². The maximum absolute atomic E-state index is 12.1. The zero-order valence-corrected chi connectivity index (χ0v) is 12.9. The molecule has 1 heterocycles. The fourth-order valence-electron chi connectivity index (χ4n) is 2.23. The summed E-state index contributed by atoms with van der Waals surface area (Å²) in [7, 11) is 0. The maximum Gasteiger partial charge on any atom is 0.279 e. The largest absolute Gasteiger partial charge is 0.377 e. The topological polar surface area (TPSA) is 61.2 Å². The van der Waals surface area contributed by atoms with Crippen LogP contribution >= 0.6 is 0 Å². The first-order valence-electron chi connectivity index (χ1n) is 7.76. The number of carbonyl (C=O) groups is 1. The predicted molar refractivity (Wildman–Crippen MR) is 83.1 cm³/mol. The quantitative estimate of drug-likeness (QED) is 0.796. The van der Waals surface area contributed by atoms with Gasteiger partial charge in [0.1, 0.15) is 13.1 Å². The van der Waals surface area contributed by atoms with E-state index in [1.165, 1.54) is 0 Å². The van der Waals surface area contributed by atoms with Gasteiger partial charge in [0.25, 0.3) is 5.91 Å². The Morgan fingerprint density at radius 2 is 1.45 bits per heavy atom. The van der Waals surface area contributed by atoms with Crippen LogP contribution in [0.1, 0.15) is 0 Å². The predicted octanol–water partition coefficient (Wildman–Crippen LogP) is -0.427. The summed E-state index contributed by atoms with van der Waals surface area (Å²) in [5.41, 5.74) is 0.825. The van der Waals surface area contributed by atoms with Crippen molar-refractivity contribution < 1.29 is 23.9 Å². The lowest BCUT2D eigenvalue weighted by Gasteiger charge is -2.20. The van der Waals surface area contributed by atoms with Gasteiger partial charge in [-0.15, -0.1) is 0 Å². The smallest absolute Gasteiger partial charge is 0.279 e. The molecule has 1 fully saturated rings. The monoisotopic (exact) mass is 309 g/mol. The van der Waals surface area contributed by atoms with Crippen LogP contribution in [0.15, 0.2) is 30.3 Å². The number of rotatable bonds is 3. The van der Waals surface area contributed by atoms with E-state index < -0.39 is 0 Å². The van der Waals surface area contributed by atoms with E-state index in [0.717, 1.165) is 23.7 Å². The summed E-state index contributed by atoms with van der Waals surface area (Å²) in [5, 5.41) is 2.91. The lowest BCUT2D eigenvalue weighted by molar-refractivity contribution is -0.892. The van der Waals surface area contributed by atoms with Crippen LogP contribution in [0.3, 0.4) is 0 Å². The lowest BCUT2D eigenvalue weighted by Crippen LogP contribution is -3.14. The van der Waals surface area contributed by atoms with Crippen LogP contribution in [-0.4, -0.2) is 65.2 Å². The standard InChI is InChI=1S/C16H24N2O4/c19-16(17-15-4-2-1-3-5-15)14-18-6-8-20-10-12-22-13-11-21-9-7-18/h1-5H,6-14H2,(H,17,19)/p+1. The number of hydrogen-bond acceptors (Lipinski definition) is 4. The van der Waals surface area contributed by atoms with E-state index in [1.807, 2.05) is 30.3 Å². The van der Waals surface area contributed by atoms with E-state index in [1.54, 1.807) is 0 Å². The van der Waals surface area contributed by atoms with Crippen molar-refractivity contribution in [1.29, 1.82) is 0 Å². The number of hydrogen-bond donors (Lipinski definition) is 2. The molecule has 0 spiro atoms. The van der Waals surface area contributed by atoms with Gasteiger partial charge in [0.05, 0.1) is 39.6 Å². The molecule has 0 bridgehead atoms. The molecule has 1 aliphatic heterocycles. The highest BCUT2D eigenvalue weighted by atomic mass is 16.5. The molecule has 1 aliphatic rings. The van der Waals surface area contributed by atoms with Gasteiger partial charge in [-0.2, -0.15) is 0 Å². The second-order valence-electron chi connectivity index (χ2n) is 5.18. The number of para-hydroxylation sites is 1. The van der Waals surface area contributed by atoms with Crippen molar-refractivity contribution in [2.45, 2.75) is 0 Å². The minimum atomic E-state index is 0.0108. The molecule has 2 N–H and O–H groups in total. The third-order valence-corrected chi connectivity index (χ3v) is 3.41. The van der Waals surface area contributed by atoms with Crippen LogP contribution < -0.4 is 10.2 Å². The van der Waals surface area contributed by atoms with Crippen molar-refractivity contribution >= 4 is 11.6 Å². The zero-order chi connectivity index (χ0) is 15.5. The lowest BCUT2D eigenvalue weighted by atomic mass is 10.3. The molecule has 0 unspecified atom stereocenters. The van der Waals surface area contributed by atoms with E-state index >= 15 is 0 Å². The summed E-state index contributed by atoms with van der Waals surface area (Å²) in [6, 6.07) is 9.51. The zero-order valence-electron chi connectivity index (χ0n) is 12.9. The van der Waals surface area contributed by atoms with E-state index in [4.69, 9.17) is 14.2 Å². The highest BCUT2D eigenvalue weighted by Gasteiger charge is 2.14. The minimum Gasteiger partial charge on any atom is -0.377 e. The van der Waals surface area contributed by atoms with Gasteiger partial charge in [0.15, 0.2) is 6.54 Å². The highest BCUT2D eigenvalue weighted by Crippen LogP contribution is 2.03. The average Bonchev–Trinajstić information content (AvgIpc) is 2.51. The molecule has 122 valence electrons. The summed E-state index contributed by atoms with van der Waals surface area (Å²) < 4.78 is 16.4. The van der Waals surface area contributed by atoms with Crippen molar-refractivity contribution in [3.8, 4) is 0 Å². The van der Waals surface area contributed by atoms with Crippen molar-refractivity contribution in [3.05, 3.63) is 30.3 Å². The van der Waals surface area contributed by atoms with Crippen molar-refractivity contribution in [3.63, 3.8) is 0 Å². The molecule has 1 aromatic rings. The molecule has 6 nitrogen and oxygen atoms in total. The maximum atomic E-state index is 12.1. The Morgan fingerprint density at radius 3 is 2.05 bits per heavy atom. The van der Waals surface area contributed by atoms with Gasteiger partial charge in [0, 0.05) is 5.69 Å². The van der Waals surface area contributed by atoms with Crippen LogP contribution in [-0.2, 0) is 19.0 Å². The number of quaternary nitrogens is 1. The van der Waals surface area contributed by atoms with Gasteiger partial charge in [-0.1, -0.05) is 18.2 Å². The van der Waals surface area contributed by atoms with E-state index in [-0.39, 0.29) is 5.91 Å². The second-order valence-corrected chi connectivity index (χ2v) is 5.18. The number of amides is 1. The number of ether oxygens (including phenoxy) is 3. The number of benzene rings is 1. The van der Waals surface area contributed by atoms with Crippen LogP contribution in [0.2, 0.25) is 0 Å². The van der Waals surface area contributed by atoms with Gasteiger partial charge in [-0.25, -0.2) is 0 Å². The van der Waals surface area contributed by atoms with Gasteiger partial charge in [-0.05, 0) is 12.1 Å². The van der Waals surface area contributed by atoms with Gasteiger partial charge < -0.3 is 24.4 Å². The molecule has 0 aromatic heterocycles. The molecular formula is C16H25N2O4+. The molecule has 1 amide bonds. The number of carbonyl (C=O) groups excluding carboxylic acids is 1. The molecule has 2 rings (SSSR count). The molecule has 22 heavy (non-hydrogen) atoms. The van der Waals surface area contributed by atoms with Gasteiger partial charge in [-0.3, -0.25) is 4.79 Å². The van der Waals surface area contributed by atoms with Crippen molar-refractivity contribution in [1.82, 2.24) is 0 Å². The fourth-order valence-corrected chi connectivity index (χ4v) is 2.23. The van der Waals surface area contributed by atoms with Crippen LogP contribution in [0.25, 0.3) is 0 Å². The summed E-state index contributed by atoms with van der Waals surface area (Å²) in [5.74, 6) is 0.0108. The average molecular weight is 309 g/mol. The van der Waals surface area contributed by atoms with Crippen molar-refractivity contribution in [2.75, 3.05) is 64.6 Å². The molecule has 1 saturated heterocycles. The normalized spacial score (nSPS) is 18.9. The molecule has 0 saturated carbocycles. The Balaban J connectivity index is 1.77. The summed E-state index contributed by atoms with van der Waals surface area (Å²) in [4.78, 5) is 13.3. The van der Waals surface area contributed by atoms with Crippen molar-refractivity contribution in [2.24, 2.45) is 0 Å². The van der Waals surface area contributed by atoms with Gasteiger partial charge >= 0.3 is 0 Å². The van der Waals surface area contributed by atoms with E-state index in [9.17, 15) is 4.79 Å². The molecule has 0 atom stereocenters. The Kier molecular flexibility index (Phi) is 7.90. The van der Waals surface area contributed by atoms with Gasteiger partial charge in [0.2, 0.25) is 0 Å². The first kappa shape index (κ1) is 16.9. The summed E-state index contributed by atoms with van der Waals surface area (Å²) in [6.07, 6.45) is 0. The molecule has 6 heteroatoms. The SMILES string of the molecule is O=C(C[NH+]1CCOCCOCCOCC1)Nc1ccccc1. The molecule has 0 aliphatic carbocycles. The highest BCUT2D eigenvalue weighted by molar-refractivity contribution is 5.91. The third-order valence-electron chi connectivity index (χ3n) is 3.41. The minimum absolute atomic E-state index is 0.0108. The third kappa shape index (κ3) is 7.00. The summed E-state index contributed by atoms with van der Waals surface area (Å²) in [6.45, 7) is 5.58. The number of anilines is 1. The first-order chi connectivity index (χ1) is 10.8.